The van der Waals surface area contributed by atoms with Crippen LogP contribution in [0.3, 0.4) is 0 Å². The van der Waals surface area contributed by atoms with Crippen molar-refractivity contribution in [1.82, 2.24) is 19.1 Å². The molecule has 0 N–H and O–H groups in total. The minimum atomic E-state index is 0.869. The molecule has 30 heavy (non-hydrogen) atoms. The highest BCUT2D eigenvalue weighted by Crippen LogP contribution is 2.45. The van der Waals surface area contributed by atoms with Crippen LogP contribution in [0.15, 0.2) is 80.2 Å². The van der Waals surface area contributed by atoms with Crippen LogP contribution in [0, 0.1) is 0 Å². The number of hydrogen-bond donors (Lipinski definition) is 0. The normalized spacial score (nSPS) is 11.3. The molecular weight excluding hydrogens is 449 g/mol. The largest absolute Gasteiger partial charge is 0.333 e. The van der Waals surface area contributed by atoms with E-state index in [9.17, 15) is 0 Å². The Kier molecular flexibility index (Phi) is 10.6. The Morgan fingerprint density at radius 3 is 2.20 bits per heavy atom. The summed E-state index contributed by atoms with van der Waals surface area (Å²) >= 11 is 0. The molecule has 0 fully saturated rings. The van der Waals surface area contributed by atoms with Crippen LogP contribution in [0.25, 0.3) is 0 Å². The Labute approximate surface area is 194 Å². The summed E-state index contributed by atoms with van der Waals surface area (Å²) in [5, 5.41) is 0. The molecule has 2 heterocycles. The fourth-order valence-corrected chi connectivity index (χ4v) is 8.34. The first-order chi connectivity index (χ1) is 14.8. The molecule has 1 aromatic carbocycles. The van der Waals surface area contributed by atoms with Gasteiger partial charge in [0.1, 0.15) is 0 Å². The molecular formula is C22H26N4S4. The minimum absolute atomic E-state index is 0.869. The van der Waals surface area contributed by atoms with Gasteiger partial charge in [0.2, 0.25) is 0 Å². The summed E-state index contributed by atoms with van der Waals surface area (Å²) in [6.45, 7) is 5.48. The SMILES string of the molecule is C=CCCC=CCn1cnc(CSSSSCc2cn(Cc3ccccc3)cn2)c1. The zero-order valence-electron chi connectivity index (χ0n) is 16.8. The van der Waals surface area contributed by atoms with E-state index >= 15 is 0 Å². The van der Waals surface area contributed by atoms with Crippen LogP contribution in [-0.4, -0.2) is 19.1 Å². The fourth-order valence-electron chi connectivity index (χ4n) is 2.68. The van der Waals surface area contributed by atoms with E-state index < -0.39 is 0 Å². The van der Waals surface area contributed by atoms with Crippen molar-refractivity contribution in [1.29, 1.82) is 0 Å². The summed E-state index contributed by atoms with van der Waals surface area (Å²) in [7, 11) is 7.25. The number of benzene rings is 1. The fraction of sp³-hybridized carbons (Fsp3) is 0.273. The number of rotatable bonds is 14. The van der Waals surface area contributed by atoms with E-state index in [2.05, 4.69) is 74.5 Å². The molecule has 3 aromatic rings. The van der Waals surface area contributed by atoms with E-state index in [1.165, 1.54) is 5.56 Å². The van der Waals surface area contributed by atoms with Crippen molar-refractivity contribution in [3.63, 3.8) is 0 Å². The van der Waals surface area contributed by atoms with Gasteiger partial charge in [0.15, 0.2) is 0 Å². The second-order valence-corrected chi connectivity index (χ2v) is 12.6. The lowest BCUT2D eigenvalue weighted by Crippen LogP contribution is -1.95. The number of aromatic nitrogens is 4. The molecule has 0 unspecified atom stereocenters. The smallest absolute Gasteiger partial charge is 0.0952 e. The van der Waals surface area contributed by atoms with Crippen LogP contribution < -0.4 is 0 Å². The number of allylic oxidation sites excluding steroid dienone is 3. The van der Waals surface area contributed by atoms with Crippen molar-refractivity contribution in [2.24, 2.45) is 0 Å². The molecule has 0 saturated carbocycles. The van der Waals surface area contributed by atoms with E-state index in [4.69, 9.17) is 0 Å². The maximum atomic E-state index is 4.51. The van der Waals surface area contributed by atoms with Crippen molar-refractivity contribution in [2.75, 3.05) is 0 Å². The molecule has 0 saturated heterocycles. The Morgan fingerprint density at radius 1 is 0.833 bits per heavy atom. The van der Waals surface area contributed by atoms with Crippen molar-refractivity contribution >= 4 is 41.2 Å². The van der Waals surface area contributed by atoms with Gasteiger partial charge in [-0.1, -0.05) is 70.1 Å². The standard InChI is InChI=1S/C22H26N4S4/c1-2-3-4-5-9-12-25-14-21(23-18-25)16-27-29-30-28-17-22-15-26(19-24-22)13-20-10-7-6-8-11-20/h2,5-11,14-15,18-19H,1,3-4,12-13,16-17H2. The molecule has 0 bridgehead atoms. The van der Waals surface area contributed by atoms with Crippen molar-refractivity contribution < 1.29 is 0 Å². The average Bonchev–Trinajstić information content (AvgIpc) is 3.40. The zero-order chi connectivity index (χ0) is 20.9. The van der Waals surface area contributed by atoms with Gasteiger partial charge in [0, 0.05) is 37.0 Å². The summed E-state index contributed by atoms with van der Waals surface area (Å²) in [6, 6.07) is 10.5. The molecule has 2 aromatic heterocycles. The van der Waals surface area contributed by atoms with Gasteiger partial charge in [-0.25, -0.2) is 9.97 Å². The third kappa shape index (κ3) is 8.71. The van der Waals surface area contributed by atoms with Gasteiger partial charge in [0.05, 0.1) is 24.0 Å². The van der Waals surface area contributed by atoms with E-state index in [1.54, 1.807) is 19.7 Å². The average molecular weight is 475 g/mol. The highest BCUT2D eigenvalue weighted by molar-refractivity contribution is 9.25. The van der Waals surface area contributed by atoms with Gasteiger partial charge < -0.3 is 9.13 Å². The lowest BCUT2D eigenvalue weighted by molar-refractivity contribution is 0.797. The van der Waals surface area contributed by atoms with E-state index in [-0.39, 0.29) is 0 Å². The maximum absolute atomic E-state index is 4.51. The van der Waals surface area contributed by atoms with Crippen LogP contribution in [0.2, 0.25) is 0 Å². The van der Waals surface area contributed by atoms with Crippen LogP contribution in [-0.2, 0) is 24.6 Å². The first-order valence-corrected chi connectivity index (χ1v) is 14.9. The first-order valence-electron chi connectivity index (χ1n) is 9.72. The molecule has 0 amide bonds. The maximum Gasteiger partial charge on any atom is 0.0952 e. The summed E-state index contributed by atoms with van der Waals surface area (Å²) in [5.74, 6) is 1.82. The van der Waals surface area contributed by atoms with Crippen LogP contribution in [0.5, 0.6) is 0 Å². The third-order valence-corrected chi connectivity index (χ3v) is 10.4. The zero-order valence-corrected chi connectivity index (χ0v) is 20.1. The van der Waals surface area contributed by atoms with E-state index in [0.29, 0.717) is 0 Å². The van der Waals surface area contributed by atoms with Crippen molar-refractivity contribution in [2.45, 2.75) is 37.4 Å². The van der Waals surface area contributed by atoms with E-state index in [0.717, 1.165) is 48.8 Å². The van der Waals surface area contributed by atoms with Crippen molar-refractivity contribution in [3.8, 4) is 0 Å². The Balaban J connectivity index is 1.26. The second kappa shape index (κ2) is 13.7. The first kappa shape index (κ1) is 23.2. The lowest BCUT2D eigenvalue weighted by Gasteiger charge is -2.01. The molecule has 0 spiro atoms. The molecule has 8 heteroatoms. The summed E-state index contributed by atoms with van der Waals surface area (Å²) in [4.78, 5) is 8.99. The van der Waals surface area contributed by atoms with Crippen LogP contribution in [0.4, 0.5) is 0 Å². The Bertz CT molecular complexity index is 905. The molecule has 0 aliphatic carbocycles. The molecule has 4 nitrogen and oxygen atoms in total. The second-order valence-electron chi connectivity index (χ2n) is 6.58. The third-order valence-electron chi connectivity index (χ3n) is 4.14. The molecule has 0 aliphatic heterocycles. The predicted molar refractivity (Wildman–Crippen MR) is 136 cm³/mol. The van der Waals surface area contributed by atoms with E-state index in [1.807, 2.05) is 46.4 Å². The predicted octanol–water partition coefficient (Wildman–Crippen LogP) is 7.03. The Morgan fingerprint density at radius 2 is 1.50 bits per heavy atom. The number of nitrogens with zero attached hydrogens (tertiary/aromatic N) is 4. The van der Waals surface area contributed by atoms with Gasteiger partial charge in [-0.3, -0.25) is 0 Å². The monoisotopic (exact) mass is 474 g/mol. The van der Waals surface area contributed by atoms with Gasteiger partial charge in [-0.15, -0.1) is 6.58 Å². The number of unbranched alkanes of at least 4 members (excludes halogenated alkanes) is 1. The Hall–Kier alpha value is -1.48. The molecule has 0 aliphatic rings. The van der Waals surface area contributed by atoms with Crippen LogP contribution >= 0.6 is 41.2 Å². The topological polar surface area (TPSA) is 35.6 Å². The highest BCUT2D eigenvalue weighted by atomic mass is 33.7. The van der Waals surface area contributed by atoms with Gasteiger partial charge >= 0.3 is 0 Å². The summed E-state index contributed by atoms with van der Waals surface area (Å²) in [6.07, 6.45) is 16.5. The van der Waals surface area contributed by atoms with Crippen LogP contribution in [0.1, 0.15) is 29.8 Å². The molecule has 3 rings (SSSR count). The van der Waals surface area contributed by atoms with Crippen molar-refractivity contribution in [3.05, 3.63) is 97.1 Å². The summed E-state index contributed by atoms with van der Waals surface area (Å²) in [5.41, 5.74) is 3.53. The van der Waals surface area contributed by atoms with Gasteiger partial charge in [-0.05, 0) is 38.1 Å². The minimum Gasteiger partial charge on any atom is -0.333 e. The molecule has 0 radical (unpaired) electrons. The lowest BCUT2D eigenvalue weighted by atomic mass is 10.2. The molecule has 158 valence electrons. The highest BCUT2D eigenvalue weighted by Gasteiger charge is 2.03. The summed E-state index contributed by atoms with van der Waals surface area (Å²) < 4.78 is 4.27. The molecule has 0 atom stereocenters. The number of hydrogen-bond acceptors (Lipinski definition) is 6. The quantitative estimate of drug-likeness (QED) is 0.142. The van der Waals surface area contributed by atoms with Gasteiger partial charge in [0.25, 0.3) is 0 Å². The number of imidazole rings is 2. The van der Waals surface area contributed by atoms with Gasteiger partial charge in [-0.2, -0.15) is 0 Å².